The number of carbonyl (C=O) groups excluding carboxylic acids is 4. The lowest BCUT2D eigenvalue weighted by Gasteiger charge is -2.13. The Balaban J connectivity index is 1.19. The molecule has 10 heteroatoms. The van der Waals surface area contributed by atoms with Crippen molar-refractivity contribution in [1.29, 1.82) is 5.26 Å². The Hall–Kier alpha value is -4.49. The van der Waals surface area contributed by atoms with E-state index in [0.29, 0.717) is 22.7 Å². The van der Waals surface area contributed by atoms with Crippen molar-refractivity contribution < 1.29 is 28.7 Å². The summed E-state index contributed by atoms with van der Waals surface area (Å²) in [4.78, 5) is 53.0. The van der Waals surface area contributed by atoms with Crippen molar-refractivity contribution >= 4 is 40.0 Å². The van der Waals surface area contributed by atoms with Gasteiger partial charge in [0.25, 0.3) is 17.7 Å². The molecule has 3 aromatic rings. The molecule has 2 aromatic carbocycles. The van der Waals surface area contributed by atoms with Gasteiger partial charge in [-0.3, -0.25) is 19.3 Å². The molecule has 0 saturated heterocycles. The molecule has 1 aliphatic carbocycles. The van der Waals surface area contributed by atoms with Crippen molar-refractivity contribution in [2.24, 2.45) is 0 Å². The van der Waals surface area contributed by atoms with Crippen LogP contribution in [0.15, 0.2) is 42.5 Å². The molecular weight excluding hydrogens is 506 g/mol. The third kappa shape index (κ3) is 4.76. The molecule has 192 valence electrons. The van der Waals surface area contributed by atoms with Crippen LogP contribution < -0.4 is 10.1 Å². The third-order valence-electron chi connectivity index (χ3n) is 6.61. The van der Waals surface area contributed by atoms with Crippen LogP contribution in [0.3, 0.4) is 0 Å². The van der Waals surface area contributed by atoms with Gasteiger partial charge in [-0.05, 0) is 67.1 Å². The van der Waals surface area contributed by atoms with Gasteiger partial charge in [-0.1, -0.05) is 12.1 Å². The Labute approximate surface area is 222 Å². The zero-order chi connectivity index (χ0) is 26.8. The van der Waals surface area contributed by atoms with E-state index in [1.54, 1.807) is 7.11 Å². The second-order valence-corrected chi connectivity index (χ2v) is 10.0. The summed E-state index contributed by atoms with van der Waals surface area (Å²) in [5.41, 5.74) is 2.80. The van der Waals surface area contributed by atoms with Crippen LogP contribution in [0.1, 0.15) is 59.1 Å². The number of nitrogens with zero attached hydrogens (tertiary/aromatic N) is 2. The summed E-state index contributed by atoms with van der Waals surface area (Å²) in [6.07, 6.45) is 3.17. The number of nitriles is 1. The second kappa shape index (κ2) is 10.5. The Morgan fingerprint density at radius 3 is 2.58 bits per heavy atom. The standard InChI is InChI=1S/C28H23N3O6S/c1-36-18-8-5-16(6-9-18)11-12-31-26(33)20-10-7-17(13-21(20)27(31)34)28(35)37-15-24(32)30-25-22(14-29)19-3-2-4-23(19)38-25/h5-10,13H,2-4,11-12,15H2,1H3,(H,30,32). The molecule has 1 aliphatic heterocycles. The van der Waals surface area contributed by atoms with E-state index in [4.69, 9.17) is 9.47 Å². The van der Waals surface area contributed by atoms with Crippen LogP contribution in [-0.4, -0.2) is 48.9 Å². The van der Waals surface area contributed by atoms with E-state index in [1.165, 1.54) is 29.5 Å². The van der Waals surface area contributed by atoms with E-state index in [1.807, 2.05) is 24.3 Å². The van der Waals surface area contributed by atoms with Crippen molar-refractivity contribution in [3.8, 4) is 11.8 Å². The van der Waals surface area contributed by atoms with Gasteiger partial charge < -0.3 is 14.8 Å². The minimum Gasteiger partial charge on any atom is -0.497 e. The molecule has 0 spiro atoms. The number of methoxy groups -OCH3 is 1. The largest absolute Gasteiger partial charge is 0.497 e. The van der Waals surface area contributed by atoms with Crippen LogP contribution in [0.4, 0.5) is 5.00 Å². The average molecular weight is 530 g/mol. The first kappa shape index (κ1) is 25.2. The van der Waals surface area contributed by atoms with Crippen molar-refractivity contribution in [2.45, 2.75) is 25.7 Å². The highest BCUT2D eigenvalue weighted by molar-refractivity contribution is 7.16. The Morgan fingerprint density at radius 2 is 1.84 bits per heavy atom. The zero-order valence-corrected chi connectivity index (χ0v) is 21.4. The van der Waals surface area contributed by atoms with E-state index >= 15 is 0 Å². The van der Waals surface area contributed by atoms with Gasteiger partial charge in [0.2, 0.25) is 0 Å². The fourth-order valence-electron chi connectivity index (χ4n) is 4.64. The lowest BCUT2D eigenvalue weighted by molar-refractivity contribution is -0.119. The topological polar surface area (TPSA) is 126 Å². The van der Waals surface area contributed by atoms with Gasteiger partial charge in [-0.15, -0.1) is 11.3 Å². The average Bonchev–Trinajstić information content (AvgIpc) is 3.58. The number of rotatable bonds is 8. The van der Waals surface area contributed by atoms with Gasteiger partial charge in [0.05, 0.1) is 29.4 Å². The van der Waals surface area contributed by atoms with E-state index in [0.717, 1.165) is 40.2 Å². The first-order valence-electron chi connectivity index (χ1n) is 12.0. The molecule has 3 amide bonds. The lowest BCUT2D eigenvalue weighted by atomic mass is 10.1. The molecule has 0 radical (unpaired) electrons. The van der Waals surface area contributed by atoms with Crippen molar-refractivity contribution in [2.75, 3.05) is 25.6 Å². The highest BCUT2D eigenvalue weighted by atomic mass is 32.1. The molecule has 1 N–H and O–H groups in total. The maximum atomic E-state index is 12.9. The number of thiophene rings is 1. The second-order valence-electron chi connectivity index (χ2n) is 8.92. The fraction of sp³-hybridized carbons (Fsp3) is 0.250. The van der Waals surface area contributed by atoms with Gasteiger partial charge in [0, 0.05) is 11.4 Å². The quantitative estimate of drug-likeness (QED) is 0.348. The first-order valence-corrected chi connectivity index (χ1v) is 12.9. The first-order chi connectivity index (χ1) is 18.4. The molecule has 2 aliphatic rings. The van der Waals surface area contributed by atoms with Crippen LogP contribution in [0, 0.1) is 11.3 Å². The van der Waals surface area contributed by atoms with Crippen LogP contribution in [0.5, 0.6) is 5.75 Å². The van der Waals surface area contributed by atoms with Gasteiger partial charge in [-0.2, -0.15) is 5.26 Å². The number of carbonyl (C=O) groups is 4. The number of esters is 1. The number of hydrogen-bond donors (Lipinski definition) is 1. The molecule has 0 saturated carbocycles. The molecule has 1 aromatic heterocycles. The molecule has 2 heterocycles. The Morgan fingerprint density at radius 1 is 1.08 bits per heavy atom. The van der Waals surface area contributed by atoms with Crippen molar-refractivity contribution in [3.05, 3.63) is 80.7 Å². The molecule has 5 rings (SSSR count). The minimum absolute atomic E-state index is 0.0579. The number of anilines is 1. The van der Waals surface area contributed by atoms with Crippen LogP contribution in [0.25, 0.3) is 0 Å². The smallest absolute Gasteiger partial charge is 0.338 e. The highest BCUT2D eigenvalue weighted by Crippen LogP contribution is 2.38. The number of fused-ring (bicyclic) bond motifs is 2. The molecule has 0 fully saturated rings. The Bertz CT molecular complexity index is 1500. The van der Waals surface area contributed by atoms with Crippen LogP contribution in [0.2, 0.25) is 0 Å². The summed E-state index contributed by atoms with van der Waals surface area (Å²) in [7, 11) is 1.58. The molecule has 38 heavy (non-hydrogen) atoms. The summed E-state index contributed by atoms with van der Waals surface area (Å²) >= 11 is 1.38. The van der Waals surface area contributed by atoms with Crippen LogP contribution in [-0.2, 0) is 28.8 Å². The summed E-state index contributed by atoms with van der Waals surface area (Å²) < 4.78 is 10.3. The summed E-state index contributed by atoms with van der Waals surface area (Å²) in [5.74, 6) is -1.55. The molecule has 0 bridgehead atoms. The van der Waals surface area contributed by atoms with Crippen molar-refractivity contribution in [3.63, 3.8) is 0 Å². The van der Waals surface area contributed by atoms with E-state index in [9.17, 15) is 24.4 Å². The number of hydrogen-bond acceptors (Lipinski definition) is 8. The minimum atomic E-state index is -0.797. The molecular formula is C28H23N3O6S. The van der Waals surface area contributed by atoms with E-state index in [-0.39, 0.29) is 23.2 Å². The highest BCUT2D eigenvalue weighted by Gasteiger charge is 2.36. The number of ether oxygens (including phenoxy) is 2. The maximum Gasteiger partial charge on any atom is 0.338 e. The fourth-order valence-corrected chi connectivity index (χ4v) is 5.90. The zero-order valence-electron chi connectivity index (χ0n) is 20.5. The molecule has 9 nitrogen and oxygen atoms in total. The van der Waals surface area contributed by atoms with E-state index < -0.39 is 30.3 Å². The number of imide groups is 1. The summed E-state index contributed by atoms with van der Waals surface area (Å²) in [5, 5.41) is 12.6. The third-order valence-corrected chi connectivity index (χ3v) is 7.82. The predicted octanol–water partition coefficient (Wildman–Crippen LogP) is 3.75. The van der Waals surface area contributed by atoms with Gasteiger partial charge in [0.1, 0.15) is 16.8 Å². The van der Waals surface area contributed by atoms with Crippen LogP contribution >= 0.6 is 11.3 Å². The van der Waals surface area contributed by atoms with E-state index in [2.05, 4.69) is 11.4 Å². The summed E-state index contributed by atoms with van der Waals surface area (Å²) in [6, 6.07) is 13.6. The van der Waals surface area contributed by atoms with Crippen molar-refractivity contribution in [1.82, 2.24) is 4.90 Å². The maximum absolute atomic E-state index is 12.9. The normalized spacial score (nSPS) is 13.6. The SMILES string of the molecule is COc1ccc(CCN2C(=O)c3ccc(C(=O)OCC(=O)Nc4sc5c(c4C#N)CCC5)cc3C2=O)cc1. The van der Waals surface area contributed by atoms with Gasteiger partial charge >= 0.3 is 5.97 Å². The molecule has 0 atom stereocenters. The number of benzene rings is 2. The number of aryl methyl sites for hydroxylation is 1. The summed E-state index contributed by atoms with van der Waals surface area (Å²) in [6.45, 7) is -0.361. The van der Waals surface area contributed by atoms with Gasteiger partial charge in [0.15, 0.2) is 6.61 Å². The lowest BCUT2D eigenvalue weighted by Crippen LogP contribution is -2.31. The predicted molar refractivity (Wildman–Crippen MR) is 138 cm³/mol. The Kier molecular flexibility index (Phi) is 6.94. The molecule has 0 unspecified atom stereocenters. The number of amides is 3. The number of nitrogens with one attached hydrogen (secondary N) is 1. The van der Waals surface area contributed by atoms with Gasteiger partial charge in [-0.25, -0.2) is 4.79 Å². The monoisotopic (exact) mass is 529 g/mol.